The molecule has 0 spiro atoms. The minimum atomic E-state index is -0.507. The average molecular weight is 529 g/mol. The number of carbonyl (C=O) groups is 1. The largest absolute Gasteiger partial charge is 0.444 e. The van der Waals surface area contributed by atoms with Crippen molar-refractivity contribution in [3.63, 3.8) is 0 Å². The van der Waals surface area contributed by atoms with Crippen LogP contribution in [-0.2, 0) is 11.3 Å². The molecule has 2 N–H and O–H groups in total. The molecule has 0 radical (unpaired) electrons. The Hall–Kier alpha value is -4.18. The lowest BCUT2D eigenvalue weighted by Gasteiger charge is -2.29. The maximum absolute atomic E-state index is 12.4. The Balaban J connectivity index is 1.34. The Morgan fingerprint density at radius 1 is 1.21 bits per heavy atom. The maximum Gasteiger partial charge on any atom is 0.410 e. The smallest absolute Gasteiger partial charge is 0.410 e. The average Bonchev–Trinajstić information content (AvgIpc) is 3.55. The van der Waals surface area contributed by atoms with E-state index in [2.05, 4.69) is 73.1 Å². The summed E-state index contributed by atoms with van der Waals surface area (Å²) in [5.41, 5.74) is 5.46. The van der Waals surface area contributed by atoms with Crippen LogP contribution in [0.3, 0.4) is 0 Å². The van der Waals surface area contributed by atoms with Gasteiger partial charge >= 0.3 is 6.09 Å². The molecule has 4 heterocycles. The summed E-state index contributed by atoms with van der Waals surface area (Å²) in [6, 6.07) is 10.3. The van der Waals surface area contributed by atoms with Gasteiger partial charge in [0, 0.05) is 43.1 Å². The van der Waals surface area contributed by atoms with Crippen LogP contribution in [0.25, 0.3) is 27.9 Å². The molecule has 39 heavy (non-hydrogen) atoms. The number of nitrogens with one attached hydrogen (secondary N) is 2. The fraction of sp³-hybridized carbons (Fsp3) is 0.379. The molecular formula is C29H36N8O2. The number of rotatable bonds is 7. The molecule has 0 aliphatic carbocycles. The van der Waals surface area contributed by atoms with Gasteiger partial charge in [0.05, 0.1) is 23.6 Å². The van der Waals surface area contributed by atoms with Crippen molar-refractivity contribution in [3.8, 4) is 11.3 Å². The third-order valence-corrected chi connectivity index (χ3v) is 6.55. The van der Waals surface area contributed by atoms with Gasteiger partial charge in [-0.25, -0.2) is 19.7 Å². The van der Waals surface area contributed by atoms with Gasteiger partial charge in [-0.3, -0.25) is 0 Å². The number of fused-ring (bicyclic) bond motifs is 1. The summed E-state index contributed by atoms with van der Waals surface area (Å²) in [4.78, 5) is 33.1. The highest BCUT2D eigenvalue weighted by Crippen LogP contribution is 2.30. The first-order valence-electron chi connectivity index (χ1n) is 13.2. The molecule has 0 saturated heterocycles. The van der Waals surface area contributed by atoms with Crippen LogP contribution in [-0.4, -0.2) is 79.7 Å². The molecule has 1 amide bonds. The summed E-state index contributed by atoms with van der Waals surface area (Å²) in [6.07, 6.45) is 7.85. The van der Waals surface area contributed by atoms with Crippen LogP contribution in [0.15, 0.2) is 55.3 Å². The highest BCUT2D eigenvalue weighted by atomic mass is 16.6. The van der Waals surface area contributed by atoms with E-state index in [1.807, 2.05) is 45.4 Å². The second-order valence-corrected chi connectivity index (χ2v) is 11.1. The van der Waals surface area contributed by atoms with Crippen molar-refractivity contribution >= 4 is 34.2 Å². The van der Waals surface area contributed by atoms with E-state index in [-0.39, 0.29) is 6.09 Å². The lowest BCUT2D eigenvalue weighted by atomic mass is 10.1. The Morgan fingerprint density at radius 3 is 2.79 bits per heavy atom. The highest BCUT2D eigenvalue weighted by molar-refractivity contribution is 5.92. The molecule has 0 atom stereocenters. The topological polar surface area (TPSA) is 104 Å². The van der Waals surface area contributed by atoms with Gasteiger partial charge in [0.15, 0.2) is 0 Å². The summed E-state index contributed by atoms with van der Waals surface area (Å²) in [5.74, 6) is 0.729. The minimum absolute atomic E-state index is 0.283. The summed E-state index contributed by atoms with van der Waals surface area (Å²) >= 11 is 0. The van der Waals surface area contributed by atoms with Crippen LogP contribution in [0, 0.1) is 0 Å². The summed E-state index contributed by atoms with van der Waals surface area (Å²) < 4.78 is 7.68. The number of anilines is 2. The number of aromatic amines is 1. The van der Waals surface area contributed by atoms with E-state index in [1.54, 1.807) is 11.2 Å². The van der Waals surface area contributed by atoms with E-state index in [9.17, 15) is 4.79 Å². The molecule has 4 aromatic rings. The summed E-state index contributed by atoms with van der Waals surface area (Å²) in [6.45, 7) is 8.55. The first-order chi connectivity index (χ1) is 18.7. The van der Waals surface area contributed by atoms with Crippen molar-refractivity contribution in [2.75, 3.05) is 39.0 Å². The molecule has 0 bridgehead atoms. The molecule has 1 aliphatic rings. The zero-order valence-electron chi connectivity index (χ0n) is 23.2. The molecule has 10 heteroatoms. The standard InChI is InChI=1S/C29H36N8O2/c1-29(2,3)39-28(38)36-11-9-20(10-12-36)24-16-23-26(31-18-32-27(23)34-24)33-22-8-6-7-21(15-22)25-17-30-19-37(25)14-13-35(4)5/h6-9,15-19H,10-14H2,1-5H3,(H2,31,32,33,34). The van der Waals surface area contributed by atoms with Crippen LogP contribution >= 0.6 is 0 Å². The van der Waals surface area contributed by atoms with E-state index >= 15 is 0 Å². The number of H-pyrrole nitrogens is 1. The van der Waals surface area contributed by atoms with Crippen molar-refractivity contribution in [1.82, 2.24) is 34.3 Å². The SMILES string of the molecule is CN(C)CCn1cncc1-c1cccc(Nc2ncnc3[nH]c(C4=CCN(C(=O)OC(C)(C)C)CC4)cc23)c1. The van der Waals surface area contributed by atoms with Crippen molar-refractivity contribution in [1.29, 1.82) is 0 Å². The number of imidazole rings is 1. The quantitative estimate of drug-likeness (QED) is 0.342. The van der Waals surface area contributed by atoms with Gasteiger partial charge in [-0.2, -0.15) is 0 Å². The Morgan fingerprint density at radius 2 is 2.05 bits per heavy atom. The van der Waals surface area contributed by atoms with Gasteiger partial charge < -0.3 is 29.4 Å². The van der Waals surface area contributed by atoms with Gasteiger partial charge in [0.25, 0.3) is 0 Å². The number of likely N-dealkylation sites (N-methyl/N-ethyl adjacent to an activating group) is 1. The van der Waals surface area contributed by atoms with Crippen molar-refractivity contribution in [2.24, 2.45) is 0 Å². The lowest BCUT2D eigenvalue weighted by Crippen LogP contribution is -2.39. The Bertz CT molecular complexity index is 1490. The summed E-state index contributed by atoms with van der Waals surface area (Å²) in [5, 5.41) is 4.39. The van der Waals surface area contributed by atoms with E-state index in [1.165, 1.54) is 0 Å². The summed E-state index contributed by atoms with van der Waals surface area (Å²) in [7, 11) is 4.14. The fourth-order valence-electron chi connectivity index (χ4n) is 4.56. The molecule has 0 unspecified atom stereocenters. The lowest BCUT2D eigenvalue weighted by molar-refractivity contribution is 0.0270. The number of carbonyl (C=O) groups excluding carboxylic acids is 1. The van der Waals surface area contributed by atoms with Crippen LogP contribution in [0.4, 0.5) is 16.3 Å². The third-order valence-electron chi connectivity index (χ3n) is 6.55. The van der Waals surface area contributed by atoms with Gasteiger partial charge in [-0.1, -0.05) is 18.2 Å². The number of benzene rings is 1. The molecule has 10 nitrogen and oxygen atoms in total. The van der Waals surface area contributed by atoms with E-state index in [0.717, 1.165) is 64.6 Å². The molecule has 5 rings (SSSR count). The molecular weight excluding hydrogens is 492 g/mol. The van der Waals surface area contributed by atoms with Crippen LogP contribution in [0.5, 0.6) is 0 Å². The Kier molecular flexibility index (Phi) is 7.38. The number of ether oxygens (including phenoxy) is 1. The highest BCUT2D eigenvalue weighted by Gasteiger charge is 2.24. The van der Waals surface area contributed by atoms with Gasteiger partial charge in [0.2, 0.25) is 0 Å². The van der Waals surface area contributed by atoms with E-state index < -0.39 is 5.60 Å². The monoisotopic (exact) mass is 528 g/mol. The van der Waals surface area contributed by atoms with Crippen molar-refractivity contribution in [3.05, 3.63) is 61.0 Å². The number of hydrogen-bond donors (Lipinski definition) is 2. The van der Waals surface area contributed by atoms with Crippen LogP contribution in [0.1, 0.15) is 32.9 Å². The molecule has 3 aromatic heterocycles. The zero-order valence-corrected chi connectivity index (χ0v) is 23.2. The predicted octanol–water partition coefficient (Wildman–Crippen LogP) is 5.15. The molecule has 204 valence electrons. The first-order valence-corrected chi connectivity index (χ1v) is 13.2. The van der Waals surface area contributed by atoms with E-state index in [4.69, 9.17) is 4.74 Å². The molecule has 1 aliphatic heterocycles. The van der Waals surface area contributed by atoms with Crippen LogP contribution < -0.4 is 5.32 Å². The first kappa shape index (κ1) is 26.4. The predicted molar refractivity (Wildman–Crippen MR) is 154 cm³/mol. The number of aromatic nitrogens is 5. The molecule has 0 fully saturated rings. The second kappa shape index (κ2) is 10.9. The normalized spacial score (nSPS) is 14.1. The molecule has 0 saturated carbocycles. The van der Waals surface area contributed by atoms with Crippen molar-refractivity contribution in [2.45, 2.75) is 39.3 Å². The Labute approximate surface area is 228 Å². The van der Waals surface area contributed by atoms with Gasteiger partial charge in [-0.05, 0) is 65.1 Å². The van der Waals surface area contributed by atoms with Gasteiger partial charge in [0.1, 0.15) is 23.4 Å². The van der Waals surface area contributed by atoms with Crippen molar-refractivity contribution < 1.29 is 9.53 Å². The number of nitrogens with zero attached hydrogens (tertiary/aromatic N) is 6. The fourth-order valence-corrected chi connectivity index (χ4v) is 4.56. The number of hydrogen-bond acceptors (Lipinski definition) is 7. The molecule has 1 aromatic carbocycles. The maximum atomic E-state index is 12.4. The third kappa shape index (κ3) is 6.28. The van der Waals surface area contributed by atoms with Gasteiger partial charge in [-0.15, -0.1) is 0 Å². The minimum Gasteiger partial charge on any atom is -0.444 e. The van der Waals surface area contributed by atoms with Crippen LogP contribution in [0.2, 0.25) is 0 Å². The zero-order chi connectivity index (χ0) is 27.6. The van der Waals surface area contributed by atoms with E-state index in [0.29, 0.717) is 13.1 Å². The number of amides is 1. The second-order valence-electron chi connectivity index (χ2n) is 11.1.